The molecule has 3 rings (SSSR count). The van der Waals surface area contributed by atoms with Gasteiger partial charge in [0.1, 0.15) is 29.4 Å². The number of hydrogen-bond acceptors (Lipinski definition) is 8. The number of rotatable bonds is 27. The first-order valence-corrected chi connectivity index (χ1v) is 21.5. The molecule has 0 radical (unpaired) electrons. The highest BCUT2D eigenvalue weighted by Gasteiger charge is 2.26. The monoisotopic (exact) mass is 723 g/mol. The number of ether oxygens (including phenoxy) is 3. The van der Waals surface area contributed by atoms with Crippen molar-refractivity contribution in [1.29, 1.82) is 0 Å². The van der Waals surface area contributed by atoms with Crippen LogP contribution < -0.4 is 4.57 Å². The lowest BCUT2D eigenvalue weighted by molar-refractivity contribution is -0.692. The van der Waals surface area contributed by atoms with Crippen LogP contribution in [0.5, 0.6) is 0 Å². The standard InChI is InChI=1S/C32H58NO4S.C7H8O3S/c1-2-3-4-5-6-7-8-9-10-11-12-13-14-15-16-17-20-23-32-36-28-30(37-32)27-35-31(34)22-19-18-21-24-33-25-26-38-29-33;1-6-2-4-7(5-3-6)11(8,9)10/h25-26,29-30,32H,2-24,27-28H2,1H3;2-5H,1H3,(H,8,9,10)/q+1;/p-1. The number of carbonyl (C=O) groups is 1. The predicted molar refractivity (Wildman–Crippen MR) is 196 cm³/mol. The lowest BCUT2D eigenvalue weighted by Gasteiger charge is -2.12. The molecule has 2 heterocycles. The van der Waals surface area contributed by atoms with Gasteiger partial charge in [0.2, 0.25) is 5.51 Å². The molecular formula is C39H65NO7S2. The molecule has 0 N–H and O–H groups in total. The van der Waals surface area contributed by atoms with Crippen LogP contribution in [-0.4, -0.2) is 44.5 Å². The number of carbonyl (C=O) groups excluding carboxylic acids is 1. The van der Waals surface area contributed by atoms with E-state index < -0.39 is 10.1 Å². The molecule has 0 bridgehead atoms. The molecule has 2 unspecified atom stereocenters. The quantitative estimate of drug-likeness (QED) is 0.0391. The van der Waals surface area contributed by atoms with Crippen molar-refractivity contribution in [3.8, 4) is 0 Å². The van der Waals surface area contributed by atoms with Crippen molar-refractivity contribution in [3.05, 3.63) is 46.9 Å². The number of benzene rings is 1. The van der Waals surface area contributed by atoms with Crippen molar-refractivity contribution >= 4 is 27.4 Å². The number of thiazole rings is 1. The Hall–Kier alpha value is -1.85. The molecule has 49 heavy (non-hydrogen) atoms. The molecule has 2 atom stereocenters. The number of aromatic nitrogens is 1. The molecule has 2 aromatic rings. The predicted octanol–water partition coefficient (Wildman–Crippen LogP) is 9.82. The van der Waals surface area contributed by atoms with Crippen LogP contribution in [0.1, 0.15) is 154 Å². The van der Waals surface area contributed by atoms with Gasteiger partial charge in [0.25, 0.3) is 0 Å². The van der Waals surface area contributed by atoms with E-state index in [0.29, 0.717) is 19.6 Å². The van der Waals surface area contributed by atoms with Crippen LogP contribution in [0.15, 0.2) is 46.2 Å². The summed E-state index contributed by atoms with van der Waals surface area (Å²) in [6, 6.07) is 5.78. The third kappa shape index (κ3) is 23.3. The van der Waals surface area contributed by atoms with Gasteiger partial charge in [-0.15, -0.1) is 0 Å². The summed E-state index contributed by atoms with van der Waals surface area (Å²) >= 11 is 1.71. The zero-order chi connectivity index (χ0) is 35.4. The molecule has 1 saturated heterocycles. The highest BCUT2D eigenvalue weighted by atomic mass is 32.2. The number of esters is 1. The Kier molecular flexibility index (Phi) is 24.6. The third-order valence-electron chi connectivity index (χ3n) is 8.92. The Bertz CT molecular complexity index is 1170. The highest BCUT2D eigenvalue weighted by molar-refractivity contribution is 7.85. The van der Waals surface area contributed by atoms with Gasteiger partial charge < -0.3 is 18.8 Å². The molecule has 1 fully saturated rings. The summed E-state index contributed by atoms with van der Waals surface area (Å²) in [5, 5.41) is 2.08. The maximum Gasteiger partial charge on any atom is 0.305 e. The van der Waals surface area contributed by atoms with Crippen molar-refractivity contribution in [2.24, 2.45) is 0 Å². The van der Waals surface area contributed by atoms with Crippen LogP contribution in [-0.2, 0) is 35.7 Å². The minimum Gasteiger partial charge on any atom is -0.744 e. The van der Waals surface area contributed by atoms with E-state index in [1.807, 2.05) is 6.92 Å². The Morgan fingerprint density at radius 2 is 1.39 bits per heavy atom. The number of unbranched alkanes of at least 4 members (excludes halogenated alkanes) is 18. The summed E-state index contributed by atoms with van der Waals surface area (Å²) in [5.41, 5.74) is 3.05. The molecule has 10 heteroatoms. The van der Waals surface area contributed by atoms with E-state index in [4.69, 9.17) is 14.2 Å². The molecule has 0 saturated carbocycles. The van der Waals surface area contributed by atoms with E-state index in [0.717, 1.165) is 44.2 Å². The first kappa shape index (κ1) is 43.3. The van der Waals surface area contributed by atoms with Gasteiger partial charge in [-0.25, -0.2) is 8.42 Å². The van der Waals surface area contributed by atoms with Gasteiger partial charge >= 0.3 is 5.97 Å². The van der Waals surface area contributed by atoms with Crippen LogP contribution >= 0.6 is 11.3 Å². The van der Waals surface area contributed by atoms with E-state index in [9.17, 15) is 17.8 Å². The van der Waals surface area contributed by atoms with E-state index in [-0.39, 0.29) is 23.3 Å². The summed E-state index contributed by atoms with van der Waals surface area (Å²) in [4.78, 5) is 11.8. The Labute approximate surface area is 302 Å². The Morgan fingerprint density at radius 1 is 0.837 bits per heavy atom. The van der Waals surface area contributed by atoms with E-state index in [1.165, 1.54) is 115 Å². The third-order valence-corrected chi connectivity index (χ3v) is 10.4. The zero-order valence-electron chi connectivity index (χ0n) is 30.5. The molecular weight excluding hydrogens is 659 g/mol. The van der Waals surface area contributed by atoms with Gasteiger partial charge in [-0.05, 0) is 44.7 Å². The van der Waals surface area contributed by atoms with E-state index in [1.54, 1.807) is 23.5 Å². The normalized spacial score (nSPS) is 16.0. The second kappa shape index (κ2) is 27.8. The molecule has 1 aromatic carbocycles. The van der Waals surface area contributed by atoms with Gasteiger partial charge in [-0.3, -0.25) is 4.79 Å². The number of nitrogens with zero attached hydrogens (tertiary/aromatic N) is 1. The first-order valence-electron chi connectivity index (χ1n) is 19.1. The lowest BCUT2D eigenvalue weighted by atomic mass is 10.0. The van der Waals surface area contributed by atoms with Crippen LogP contribution in [0.3, 0.4) is 0 Å². The van der Waals surface area contributed by atoms with E-state index >= 15 is 0 Å². The highest BCUT2D eigenvalue weighted by Crippen LogP contribution is 2.19. The zero-order valence-corrected chi connectivity index (χ0v) is 32.1. The summed E-state index contributed by atoms with van der Waals surface area (Å²) in [6.07, 6.45) is 29.9. The maximum atomic E-state index is 12.0. The summed E-state index contributed by atoms with van der Waals surface area (Å²) < 4.78 is 50.5. The largest absolute Gasteiger partial charge is 0.744 e. The Balaban J connectivity index is 0.000000639. The minimum absolute atomic E-state index is 0.107. The fraction of sp³-hybridized carbons (Fsp3) is 0.744. The van der Waals surface area contributed by atoms with Gasteiger partial charge in [-0.1, -0.05) is 139 Å². The lowest BCUT2D eigenvalue weighted by Crippen LogP contribution is -2.29. The smallest absolute Gasteiger partial charge is 0.305 e. The van der Waals surface area contributed by atoms with E-state index in [2.05, 4.69) is 28.6 Å². The molecule has 1 aliphatic rings. The van der Waals surface area contributed by atoms with Crippen molar-refractivity contribution in [2.75, 3.05) is 13.2 Å². The van der Waals surface area contributed by atoms with Crippen LogP contribution in [0, 0.1) is 6.92 Å². The average Bonchev–Trinajstić information content (AvgIpc) is 3.78. The van der Waals surface area contributed by atoms with Crippen LogP contribution in [0.4, 0.5) is 0 Å². The van der Waals surface area contributed by atoms with Gasteiger partial charge in [0, 0.05) is 12.8 Å². The van der Waals surface area contributed by atoms with Crippen molar-refractivity contribution in [2.45, 2.75) is 179 Å². The maximum absolute atomic E-state index is 12.0. The fourth-order valence-electron chi connectivity index (χ4n) is 5.87. The SMILES string of the molecule is CCCCCCCCCCCCCCCCCCCC1OCC(COC(=O)CCCCC[n+]2ccsc2)O1.Cc1ccc(S(=O)(=O)[O-])cc1. The second-order valence-electron chi connectivity index (χ2n) is 13.5. The molecule has 0 spiro atoms. The average molecular weight is 724 g/mol. The molecule has 0 amide bonds. The number of aryl methyl sites for hydroxylation is 2. The van der Waals surface area contributed by atoms with Crippen molar-refractivity contribution < 1.29 is 36.5 Å². The summed E-state index contributed by atoms with van der Waals surface area (Å²) in [7, 11) is -4.27. The second-order valence-corrected chi connectivity index (χ2v) is 15.6. The molecule has 8 nitrogen and oxygen atoms in total. The summed E-state index contributed by atoms with van der Waals surface area (Å²) in [5.74, 6) is -0.117. The van der Waals surface area contributed by atoms with Crippen molar-refractivity contribution in [1.82, 2.24) is 0 Å². The van der Waals surface area contributed by atoms with Gasteiger partial charge in [-0.2, -0.15) is 4.57 Å². The number of hydrogen-bond donors (Lipinski definition) is 0. The van der Waals surface area contributed by atoms with Gasteiger partial charge in [0.05, 0.1) is 16.9 Å². The van der Waals surface area contributed by atoms with Crippen LogP contribution in [0.2, 0.25) is 0 Å². The summed E-state index contributed by atoms with van der Waals surface area (Å²) in [6.45, 7) is 5.99. The van der Waals surface area contributed by atoms with Crippen molar-refractivity contribution in [3.63, 3.8) is 0 Å². The van der Waals surface area contributed by atoms with Crippen LogP contribution in [0.25, 0.3) is 0 Å². The minimum atomic E-state index is -4.27. The Morgan fingerprint density at radius 3 is 1.92 bits per heavy atom. The molecule has 0 aliphatic carbocycles. The topological polar surface area (TPSA) is 106 Å². The van der Waals surface area contributed by atoms with Gasteiger partial charge in [0.15, 0.2) is 12.5 Å². The molecule has 280 valence electrons. The molecule has 1 aliphatic heterocycles. The molecule has 1 aromatic heterocycles. The first-order chi connectivity index (χ1) is 23.8. The fourth-order valence-corrected chi connectivity index (χ4v) is 6.97.